The fourth-order valence-electron chi connectivity index (χ4n) is 3.32. The lowest BCUT2D eigenvalue weighted by Crippen LogP contribution is -2.38. The highest BCUT2D eigenvalue weighted by Crippen LogP contribution is 2.33. The van der Waals surface area contributed by atoms with Gasteiger partial charge in [-0.25, -0.2) is 13.4 Å². The number of sulfone groups is 1. The molecule has 8 heteroatoms. The number of halogens is 1. The van der Waals surface area contributed by atoms with Crippen molar-refractivity contribution in [3.05, 3.63) is 89.4 Å². The van der Waals surface area contributed by atoms with Crippen LogP contribution in [0.5, 0.6) is 0 Å². The number of thioether (sulfide) groups is 1. The van der Waals surface area contributed by atoms with E-state index in [1.807, 2.05) is 47.4 Å². The third kappa shape index (κ3) is 5.13. The number of amidine groups is 1. The second-order valence-corrected chi connectivity index (χ2v) is 10.9. The molecule has 1 aliphatic heterocycles. The van der Waals surface area contributed by atoms with E-state index in [1.54, 1.807) is 36.4 Å². The number of rotatable bonds is 6. The molecule has 1 aliphatic rings. The maximum Gasteiger partial charge on any atom is 0.185 e. The van der Waals surface area contributed by atoms with Crippen molar-refractivity contribution in [3.63, 3.8) is 0 Å². The fraction of sp³-hybridized carbons (Fsp3) is 0.174. The van der Waals surface area contributed by atoms with Gasteiger partial charge < -0.3 is 10.0 Å². The summed E-state index contributed by atoms with van der Waals surface area (Å²) in [6.07, 6.45) is 1.18. The quantitative estimate of drug-likeness (QED) is 0.535. The summed E-state index contributed by atoms with van der Waals surface area (Å²) in [6.45, 7) is 0.275. The average Bonchev–Trinajstić information content (AvgIpc) is 3.11. The Labute approximate surface area is 191 Å². The minimum absolute atomic E-state index is 0.239. The molecule has 1 heterocycles. The van der Waals surface area contributed by atoms with Crippen LogP contribution in [0, 0.1) is 0 Å². The second kappa shape index (κ2) is 8.67. The van der Waals surface area contributed by atoms with Gasteiger partial charge in [0.2, 0.25) is 0 Å². The van der Waals surface area contributed by atoms with Crippen molar-refractivity contribution >= 4 is 44.7 Å². The van der Waals surface area contributed by atoms with E-state index >= 15 is 0 Å². The number of aliphatic imine (C=N–C) groups is 1. The second-order valence-electron chi connectivity index (χ2n) is 7.38. The first-order valence-corrected chi connectivity index (χ1v) is 12.8. The van der Waals surface area contributed by atoms with Gasteiger partial charge >= 0.3 is 0 Å². The predicted molar refractivity (Wildman–Crippen MR) is 127 cm³/mol. The topological polar surface area (TPSA) is 70.0 Å². The average molecular weight is 473 g/mol. The summed E-state index contributed by atoms with van der Waals surface area (Å²) >= 11 is 7.58. The zero-order valence-electron chi connectivity index (χ0n) is 16.8. The first-order valence-electron chi connectivity index (χ1n) is 9.57. The van der Waals surface area contributed by atoms with Crippen LogP contribution >= 0.6 is 23.4 Å². The molecule has 1 unspecified atom stereocenters. The molecule has 0 amide bonds. The number of hydrogen-bond acceptors (Lipinski definition) is 6. The molecule has 3 aromatic carbocycles. The molecule has 3 aromatic rings. The molecule has 0 aromatic heterocycles. The van der Waals surface area contributed by atoms with E-state index in [2.05, 4.69) is 4.99 Å². The highest BCUT2D eigenvalue weighted by atomic mass is 35.5. The molecule has 0 aliphatic carbocycles. The van der Waals surface area contributed by atoms with Crippen molar-refractivity contribution in [2.75, 3.05) is 23.5 Å². The molecule has 0 spiro atoms. The van der Waals surface area contributed by atoms with Crippen molar-refractivity contribution < 1.29 is 13.5 Å². The Morgan fingerprint density at radius 2 is 1.68 bits per heavy atom. The summed E-state index contributed by atoms with van der Waals surface area (Å²) in [6, 6.07) is 23.7. The summed E-state index contributed by atoms with van der Waals surface area (Å²) in [5, 5.41) is 11.9. The Morgan fingerprint density at radius 3 is 2.29 bits per heavy atom. The van der Waals surface area contributed by atoms with Gasteiger partial charge in [-0.05, 0) is 60.7 Å². The van der Waals surface area contributed by atoms with Crippen LogP contribution in [0.3, 0.4) is 0 Å². The Balaban J connectivity index is 1.67. The van der Waals surface area contributed by atoms with Gasteiger partial charge in [0, 0.05) is 33.2 Å². The van der Waals surface area contributed by atoms with Gasteiger partial charge in [0.15, 0.2) is 15.6 Å². The Bertz CT molecular complexity index is 1200. The van der Waals surface area contributed by atoms with Gasteiger partial charge in [-0.3, -0.25) is 0 Å². The lowest BCUT2D eigenvalue weighted by Gasteiger charge is -2.24. The first-order chi connectivity index (χ1) is 14.7. The summed E-state index contributed by atoms with van der Waals surface area (Å²) in [4.78, 5) is 7.89. The number of hydrogen-bond donors (Lipinski definition) is 1. The smallest absolute Gasteiger partial charge is 0.185 e. The molecule has 0 bridgehead atoms. The molecule has 0 fully saturated rings. The van der Waals surface area contributed by atoms with E-state index in [4.69, 9.17) is 11.6 Å². The molecule has 1 atom stereocenters. The third-order valence-electron chi connectivity index (χ3n) is 4.87. The van der Waals surface area contributed by atoms with Gasteiger partial charge in [-0.1, -0.05) is 29.8 Å². The molecule has 5 nitrogen and oxygen atoms in total. The molecule has 0 radical (unpaired) electrons. The normalized spacial score (nSPS) is 18.8. The molecule has 1 N–H and O–H groups in total. The van der Waals surface area contributed by atoms with Crippen molar-refractivity contribution in [1.82, 2.24) is 0 Å². The standard InChI is InChI=1S/C23H21ClN2O3S2/c1-31(28,29)21-13-7-17(8-14-21)22-25-23(27,16-30-20-5-3-2-4-6-20)15-26(22)19-11-9-18(24)10-12-19/h2-14,27H,15-16H2,1H3. The number of anilines is 1. The van der Waals surface area contributed by atoms with Gasteiger partial charge in [-0.15, -0.1) is 11.8 Å². The number of aliphatic hydroxyl groups is 1. The Morgan fingerprint density at radius 1 is 1.03 bits per heavy atom. The number of benzene rings is 3. The largest absolute Gasteiger partial charge is 0.367 e. The highest BCUT2D eigenvalue weighted by Gasteiger charge is 2.38. The number of β-amino-alcohol motifs (C(OH)–C–C–N with tert-alkyl or cyclic N) is 1. The van der Waals surface area contributed by atoms with E-state index in [-0.39, 0.29) is 11.4 Å². The van der Waals surface area contributed by atoms with Crippen molar-refractivity contribution in [1.29, 1.82) is 0 Å². The van der Waals surface area contributed by atoms with E-state index in [1.165, 1.54) is 18.0 Å². The van der Waals surface area contributed by atoms with Crippen LogP contribution in [0.15, 0.2) is 93.6 Å². The van der Waals surface area contributed by atoms with E-state index in [0.29, 0.717) is 16.6 Å². The van der Waals surface area contributed by atoms with Crippen LogP contribution in [-0.2, 0) is 9.84 Å². The maximum absolute atomic E-state index is 11.8. The fourth-order valence-corrected chi connectivity index (χ4v) is 4.98. The molecular formula is C23H21ClN2O3S2. The first kappa shape index (κ1) is 21.9. The molecule has 31 heavy (non-hydrogen) atoms. The molecule has 4 rings (SSSR count). The Hall–Kier alpha value is -2.32. The third-order valence-corrected chi connectivity index (χ3v) is 7.47. The summed E-state index contributed by atoms with van der Waals surface area (Å²) < 4.78 is 23.6. The monoisotopic (exact) mass is 472 g/mol. The van der Waals surface area contributed by atoms with Crippen molar-refractivity contribution in [2.45, 2.75) is 15.5 Å². The summed E-state index contributed by atoms with van der Waals surface area (Å²) in [5.41, 5.74) is 0.268. The van der Waals surface area contributed by atoms with Crippen LogP contribution < -0.4 is 4.90 Å². The predicted octanol–water partition coefficient (Wildman–Crippen LogP) is 4.49. The maximum atomic E-state index is 11.8. The molecular weight excluding hydrogens is 452 g/mol. The van der Waals surface area contributed by atoms with Gasteiger partial charge in [0.25, 0.3) is 0 Å². The van der Waals surface area contributed by atoms with Gasteiger partial charge in [0.1, 0.15) is 5.84 Å². The van der Waals surface area contributed by atoms with Gasteiger partial charge in [0.05, 0.1) is 11.4 Å². The van der Waals surface area contributed by atoms with Crippen LogP contribution in [-0.4, -0.2) is 43.6 Å². The van der Waals surface area contributed by atoms with E-state index in [9.17, 15) is 13.5 Å². The van der Waals surface area contributed by atoms with E-state index < -0.39 is 15.6 Å². The number of nitrogens with zero attached hydrogens (tertiary/aromatic N) is 2. The van der Waals surface area contributed by atoms with Crippen molar-refractivity contribution in [3.8, 4) is 0 Å². The van der Waals surface area contributed by atoms with Crippen LogP contribution in [0.1, 0.15) is 5.56 Å². The zero-order valence-corrected chi connectivity index (χ0v) is 19.2. The minimum atomic E-state index is -3.30. The highest BCUT2D eigenvalue weighted by molar-refractivity contribution is 7.99. The SMILES string of the molecule is CS(=O)(=O)c1ccc(C2=NC(O)(CSc3ccccc3)CN2c2ccc(Cl)cc2)cc1. The lowest BCUT2D eigenvalue weighted by molar-refractivity contribution is 0.0931. The lowest BCUT2D eigenvalue weighted by atomic mass is 10.1. The molecule has 0 saturated carbocycles. The summed E-state index contributed by atoms with van der Waals surface area (Å²) in [5.74, 6) is 0.963. The zero-order chi connectivity index (χ0) is 22.1. The van der Waals surface area contributed by atoms with Gasteiger partial charge in [-0.2, -0.15) is 0 Å². The van der Waals surface area contributed by atoms with E-state index in [0.717, 1.165) is 16.1 Å². The Kier molecular flexibility index (Phi) is 6.12. The molecule has 160 valence electrons. The molecule has 0 saturated heterocycles. The van der Waals surface area contributed by atoms with Crippen molar-refractivity contribution in [2.24, 2.45) is 4.99 Å². The minimum Gasteiger partial charge on any atom is -0.367 e. The van der Waals surface area contributed by atoms with Crippen LogP contribution in [0.2, 0.25) is 5.02 Å². The van der Waals surface area contributed by atoms with Crippen LogP contribution in [0.4, 0.5) is 5.69 Å². The summed E-state index contributed by atoms with van der Waals surface area (Å²) in [7, 11) is -3.30. The van der Waals surface area contributed by atoms with Crippen LogP contribution in [0.25, 0.3) is 0 Å².